The Hall–Kier alpha value is -2.63. The second-order valence-electron chi connectivity index (χ2n) is 5.94. The maximum absolute atomic E-state index is 12.6. The number of carbonyl (C=O) groups is 2. The van der Waals surface area contributed by atoms with Crippen LogP contribution < -0.4 is 0 Å². The standard InChI is InChI=1S/C20H16Cl2N2O3/c1-12-9-17(13(2)24(12)15-6-3-5-14(21)10-15)18(25)11-27-20(26)16-7-4-8-23-19(16)22/h3-10H,11H2,1-2H3. The minimum atomic E-state index is -0.690. The van der Waals surface area contributed by atoms with E-state index in [0.29, 0.717) is 10.6 Å². The Morgan fingerprint density at radius 3 is 2.56 bits per heavy atom. The van der Waals surface area contributed by atoms with E-state index in [-0.39, 0.29) is 23.1 Å². The third-order valence-corrected chi connectivity index (χ3v) is 4.65. The maximum atomic E-state index is 12.6. The van der Waals surface area contributed by atoms with E-state index in [0.717, 1.165) is 17.1 Å². The van der Waals surface area contributed by atoms with Gasteiger partial charge in [-0.1, -0.05) is 29.3 Å². The van der Waals surface area contributed by atoms with E-state index in [4.69, 9.17) is 27.9 Å². The van der Waals surface area contributed by atoms with Crippen LogP contribution in [-0.4, -0.2) is 27.9 Å². The number of pyridine rings is 1. The number of halogens is 2. The molecule has 2 aromatic heterocycles. The lowest BCUT2D eigenvalue weighted by atomic mass is 10.1. The molecule has 0 amide bonds. The molecular weight excluding hydrogens is 387 g/mol. The first kappa shape index (κ1) is 19.1. The van der Waals surface area contributed by atoms with E-state index < -0.39 is 5.97 Å². The number of hydrogen-bond acceptors (Lipinski definition) is 4. The van der Waals surface area contributed by atoms with Gasteiger partial charge in [0.15, 0.2) is 6.61 Å². The Morgan fingerprint density at radius 1 is 1.07 bits per heavy atom. The van der Waals surface area contributed by atoms with Crippen LogP contribution in [0.25, 0.3) is 5.69 Å². The summed E-state index contributed by atoms with van der Waals surface area (Å²) in [5.74, 6) is -0.991. The number of esters is 1. The molecule has 0 aliphatic rings. The second kappa shape index (κ2) is 7.94. The molecular formula is C20H16Cl2N2O3. The lowest BCUT2D eigenvalue weighted by Gasteiger charge is -2.10. The summed E-state index contributed by atoms with van der Waals surface area (Å²) in [4.78, 5) is 28.5. The molecule has 0 N–H and O–H groups in total. The third-order valence-electron chi connectivity index (χ3n) is 4.11. The van der Waals surface area contributed by atoms with Crippen LogP contribution in [0, 0.1) is 13.8 Å². The molecule has 3 rings (SSSR count). The lowest BCUT2D eigenvalue weighted by Crippen LogP contribution is -2.15. The van der Waals surface area contributed by atoms with Gasteiger partial charge in [0.05, 0.1) is 5.56 Å². The van der Waals surface area contributed by atoms with Crippen LogP contribution >= 0.6 is 23.2 Å². The number of rotatable bonds is 5. The second-order valence-corrected chi connectivity index (χ2v) is 6.74. The fraction of sp³-hybridized carbons (Fsp3) is 0.150. The van der Waals surface area contributed by atoms with Gasteiger partial charge >= 0.3 is 5.97 Å². The molecule has 0 unspecified atom stereocenters. The zero-order valence-electron chi connectivity index (χ0n) is 14.7. The first-order valence-electron chi connectivity index (χ1n) is 8.14. The van der Waals surface area contributed by atoms with E-state index in [1.165, 1.54) is 12.3 Å². The Balaban J connectivity index is 1.79. The zero-order chi connectivity index (χ0) is 19.6. The van der Waals surface area contributed by atoms with Crippen LogP contribution in [0.15, 0.2) is 48.7 Å². The maximum Gasteiger partial charge on any atom is 0.341 e. The largest absolute Gasteiger partial charge is 0.454 e. The highest BCUT2D eigenvalue weighted by Crippen LogP contribution is 2.23. The van der Waals surface area contributed by atoms with Crippen molar-refractivity contribution in [2.75, 3.05) is 6.61 Å². The average Bonchev–Trinajstić information content (AvgIpc) is 2.94. The molecule has 0 spiro atoms. The molecule has 7 heteroatoms. The van der Waals surface area contributed by atoms with Gasteiger partial charge in [-0.05, 0) is 50.2 Å². The molecule has 1 aromatic carbocycles. The normalized spacial score (nSPS) is 10.7. The monoisotopic (exact) mass is 402 g/mol. The highest BCUT2D eigenvalue weighted by atomic mass is 35.5. The fourth-order valence-electron chi connectivity index (χ4n) is 2.88. The van der Waals surface area contributed by atoms with Gasteiger partial charge in [-0.25, -0.2) is 9.78 Å². The topological polar surface area (TPSA) is 61.2 Å². The smallest absolute Gasteiger partial charge is 0.341 e. The summed E-state index contributed by atoms with van der Waals surface area (Å²) in [5.41, 5.74) is 3.08. The average molecular weight is 403 g/mol. The lowest BCUT2D eigenvalue weighted by molar-refractivity contribution is 0.0474. The third kappa shape index (κ3) is 4.04. The summed E-state index contributed by atoms with van der Waals surface area (Å²) >= 11 is 11.9. The van der Waals surface area contributed by atoms with Crippen molar-refractivity contribution in [3.63, 3.8) is 0 Å². The van der Waals surface area contributed by atoms with Crippen molar-refractivity contribution in [1.82, 2.24) is 9.55 Å². The minimum Gasteiger partial charge on any atom is -0.454 e. The van der Waals surface area contributed by atoms with Crippen LogP contribution in [0.3, 0.4) is 0 Å². The Morgan fingerprint density at radius 2 is 1.85 bits per heavy atom. The molecule has 138 valence electrons. The molecule has 3 aromatic rings. The molecule has 27 heavy (non-hydrogen) atoms. The summed E-state index contributed by atoms with van der Waals surface area (Å²) in [6, 6.07) is 12.2. The molecule has 0 fully saturated rings. The van der Waals surface area contributed by atoms with E-state index in [1.54, 1.807) is 18.2 Å². The SMILES string of the molecule is Cc1cc(C(=O)COC(=O)c2cccnc2Cl)c(C)n1-c1cccc(Cl)c1. The van der Waals surface area contributed by atoms with Crippen LogP contribution in [0.5, 0.6) is 0 Å². The highest BCUT2D eigenvalue weighted by molar-refractivity contribution is 6.32. The molecule has 0 aliphatic carbocycles. The Labute approximate surface area is 166 Å². The fourth-order valence-corrected chi connectivity index (χ4v) is 3.26. The van der Waals surface area contributed by atoms with Crippen molar-refractivity contribution in [1.29, 1.82) is 0 Å². The predicted molar refractivity (Wildman–Crippen MR) is 104 cm³/mol. The summed E-state index contributed by atoms with van der Waals surface area (Å²) in [6.07, 6.45) is 1.47. The molecule has 0 bridgehead atoms. The molecule has 0 aliphatic heterocycles. The van der Waals surface area contributed by atoms with Crippen molar-refractivity contribution in [2.24, 2.45) is 0 Å². The van der Waals surface area contributed by atoms with Crippen molar-refractivity contribution in [3.8, 4) is 5.69 Å². The van der Waals surface area contributed by atoms with Crippen molar-refractivity contribution < 1.29 is 14.3 Å². The quantitative estimate of drug-likeness (QED) is 0.348. The molecule has 5 nitrogen and oxygen atoms in total. The van der Waals surface area contributed by atoms with E-state index in [1.807, 2.05) is 36.6 Å². The van der Waals surface area contributed by atoms with E-state index in [9.17, 15) is 9.59 Å². The number of carbonyl (C=O) groups excluding carboxylic acids is 2. The van der Waals surface area contributed by atoms with Gasteiger partial charge in [0, 0.05) is 33.9 Å². The van der Waals surface area contributed by atoms with Gasteiger partial charge in [-0.3, -0.25) is 4.79 Å². The van der Waals surface area contributed by atoms with Gasteiger partial charge in [-0.2, -0.15) is 0 Å². The molecule has 0 saturated carbocycles. The van der Waals surface area contributed by atoms with Crippen LogP contribution in [0.4, 0.5) is 0 Å². The first-order chi connectivity index (χ1) is 12.9. The Bertz CT molecular complexity index is 1030. The summed E-state index contributed by atoms with van der Waals surface area (Å²) in [7, 11) is 0. The van der Waals surface area contributed by atoms with Gasteiger partial charge in [0.1, 0.15) is 5.15 Å². The molecule has 0 saturated heterocycles. The van der Waals surface area contributed by atoms with E-state index in [2.05, 4.69) is 4.98 Å². The number of Topliss-reactive ketones (excluding diaryl/α,β-unsaturated/α-hetero) is 1. The summed E-state index contributed by atoms with van der Waals surface area (Å²) < 4.78 is 7.04. The number of benzene rings is 1. The van der Waals surface area contributed by atoms with Crippen LogP contribution in [0.1, 0.15) is 32.1 Å². The molecule has 0 atom stereocenters. The predicted octanol–water partition coefficient (Wildman–Crippen LogP) is 4.84. The molecule has 2 heterocycles. The number of hydrogen-bond donors (Lipinski definition) is 0. The number of aryl methyl sites for hydroxylation is 1. The van der Waals surface area contributed by atoms with Gasteiger partial charge < -0.3 is 9.30 Å². The van der Waals surface area contributed by atoms with Crippen molar-refractivity contribution >= 4 is 35.0 Å². The summed E-state index contributed by atoms with van der Waals surface area (Å²) in [5, 5.41) is 0.643. The number of ether oxygens (including phenoxy) is 1. The first-order valence-corrected chi connectivity index (χ1v) is 8.90. The van der Waals surface area contributed by atoms with Crippen LogP contribution in [0.2, 0.25) is 10.2 Å². The Kier molecular flexibility index (Phi) is 5.63. The van der Waals surface area contributed by atoms with Crippen LogP contribution in [-0.2, 0) is 4.74 Å². The summed E-state index contributed by atoms with van der Waals surface area (Å²) in [6.45, 7) is 3.34. The molecule has 0 radical (unpaired) electrons. The van der Waals surface area contributed by atoms with Gasteiger partial charge in [0.2, 0.25) is 5.78 Å². The van der Waals surface area contributed by atoms with Gasteiger partial charge in [-0.15, -0.1) is 0 Å². The van der Waals surface area contributed by atoms with E-state index >= 15 is 0 Å². The zero-order valence-corrected chi connectivity index (χ0v) is 16.2. The van der Waals surface area contributed by atoms with Crippen molar-refractivity contribution in [2.45, 2.75) is 13.8 Å². The highest BCUT2D eigenvalue weighted by Gasteiger charge is 2.19. The minimum absolute atomic E-state index is 0.0362. The number of ketones is 1. The number of aromatic nitrogens is 2. The number of nitrogens with zero attached hydrogens (tertiary/aromatic N) is 2. The van der Waals surface area contributed by atoms with Gasteiger partial charge in [0.25, 0.3) is 0 Å². The van der Waals surface area contributed by atoms with Crippen molar-refractivity contribution in [3.05, 3.63) is 81.4 Å².